The van der Waals surface area contributed by atoms with Crippen LogP contribution in [0.3, 0.4) is 0 Å². The van der Waals surface area contributed by atoms with Crippen LogP contribution < -0.4 is 5.32 Å². The molecule has 1 aromatic rings. The summed E-state index contributed by atoms with van der Waals surface area (Å²) in [6, 6.07) is 0. The van der Waals surface area contributed by atoms with Gasteiger partial charge in [0.1, 0.15) is 5.82 Å². The predicted molar refractivity (Wildman–Crippen MR) is 56.3 cm³/mol. The Morgan fingerprint density at radius 3 is 2.47 bits per heavy atom. The van der Waals surface area contributed by atoms with E-state index >= 15 is 0 Å². The average molecular weight is 205 g/mol. The van der Waals surface area contributed by atoms with Crippen molar-refractivity contribution in [3.8, 4) is 12.4 Å². The van der Waals surface area contributed by atoms with Crippen LogP contribution in [-0.4, -0.2) is 9.97 Å². The van der Waals surface area contributed by atoms with Gasteiger partial charge in [0.05, 0.1) is 0 Å². The van der Waals surface area contributed by atoms with Crippen LogP contribution in [0.15, 0.2) is 6.20 Å². The van der Waals surface area contributed by atoms with Crippen molar-refractivity contribution < 1.29 is 0 Å². The number of hydrogen-bond acceptors (Lipinski definition) is 4. The number of rotatable bonds is 3. The molecule has 0 fully saturated rings. The fourth-order valence-corrected chi connectivity index (χ4v) is 0.991. The van der Waals surface area contributed by atoms with Crippen molar-refractivity contribution in [2.75, 3.05) is 0 Å². The maximum absolute atomic E-state index is 7.48. The second kappa shape index (κ2) is 8.58. The molecule has 0 amide bonds. The first-order chi connectivity index (χ1) is 7.24. The largest absolute Gasteiger partial charge is 0.346 e. The molecule has 2 N–H and O–H groups in total. The lowest BCUT2D eigenvalue weighted by Crippen LogP contribution is -1.88. The molecule has 5 heteroatoms. The number of aromatic amines is 1. The molecule has 0 saturated heterocycles. The number of unbranched alkanes of at least 4 members (excludes halogenated alkanes) is 1. The summed E-state index contributed by atoms with van der Waals surface area (Å²) in [6.45, 7) is 4.18. The standard InChI is InChI=1S/C8H14N2.C2HN3/c1-3-4-5-8-6-9-7(2)10-8;3-1-5-2-4/h6H,3-5H2,1-2H3,(H,9,10);5H. The molecule has 0 aliphatic heterocycles. The Morgan fingerprint density at radius 1 is 1.47 bits per heavy atom. The molecular weight excluding hydrogens is 190 g/mol. The second-order valence-corrected chi connectivity index (χ2v) is 2.95. The molecule has 0 saturated carbocycles. The predicted octanol–water partition coefficient (Wildman–Crippen LogP) is 1.60. The lowest BCUT2D eigenvalue weighted by Gasteiger charge is -1.91. The van der Waals surface area contributed by atoms with E-state index in [1.165, 1.54) is 30.9 Å². The van der Waals surface area contributed by atoms with Crippen molar-refractivity contribution >= 4 is 0 Å². The molecule has 1 heterocycles. The summed E-state index contributed by atoms with van der Waals surface area (Å²) in [4.78, 5) is 7.31. The van der Waals surface area contributed by atoms with Gasteiger partial charge < -0.3 is 4.98 Å². The van der Waals surface area contributed by atoms with Crippen molar-refractivity contribution in [2.45, 2.75) is 33.1 Å². The highest BCUT2D eigenvalue weighted by molar-refractivity contribution is 4.99. The summed E-state index contributed by atoms with van der Waals surface area (Å²) in [5, 5.41) is 16.7. The van der Waals surface area contributed by atoms with Gasteiger partial charge in [-0.05, 0) is 19.8 Å². The molecule has 0 aliphatic carbocycles. The van der Waals surface area contributed by atoms with Crippen LogP contribution in [0, 0.1) is 29.8 Å². The maximum atomic E-state index is 7.48. The third-order valence-corrected chi connectivity index (χ3v) is 1.67. The minimum Gasteiger partial charge on any atom is -0.346 e. The number of hydrogen-bond donors (Lipinski definition) is 2. The molecule has 0 radical (unpaired) electrons. The zero-order valence-corrected chi connectivity index (χ0v) is 9.04. The lowest BCUT2D eigenvalue weighted by atomic mass is 10.2. The Bertz CT molecular complexity index is 329. The summed E-state index contributed by atoms with van der Waals surface area (Å²) in [7, 11) is 0. The van der Waals surface area contributed by atoms with E-state index in [1.807, 2.05) is 13.1 Å². The molecule has 15 heavy (non-hydrogen) atoms. The van der Waals surface area contributed by atoms with Crippen LogP contribution in [0.2, 0.25) is 0 Å². The molecule has 0 spiro atoms. The number of imidazole rings is 1. The van der Waals surface area contributed by atoms with Crippen LogP contribution in [0.5, 0.6) is 0 Å². The first-order valence-electron chi connectivity index (χ1n) is 4.78. The average Bonchev–Trinajstić information content (AvgIpc) is 2.63. The van der Waals surface area contributed by atoms with Gasteiger partial charge >= 0.3 is 0 Å². The van der Waals surface area contributed by atoms with Crippen LogP contribution in [0.25, 0.3) is 0 Å². The van der Waals surface area contributed by atoms with Crippen LogP contribution >= 0.6 is 0 Å². The van der Waals surface area contributed by atoms with Gasteiger partial charge in [-0.2, -0.15) is 10.5 Å². The van der Waals surface area contributed by atoms with Gasteiger partial charge in [-0.3, -0.25) is 0 Å². The van der Waals surface area contributed by atoms with E-state index in [4.69, 9.17) is 10.5 Å². The number of nitrogens with one attached hydrogen (secondary N) is 2. The quantitative estimate of drug-likeness (QED) is 0.579. The van der Waals surface area contributed by atoms with E-state index in [-0.39, 0.29) is 0 Å². The molecule has 1 aromatic heterocycles. The van der Waals surface area contributed by atoms with Crippen molar-refractivity contribution in [3.63, 3.8) is 0 Å². The molecule has 1 rings (SSSR count). The Labute approximate surface area is 89.8 Å². The van der Waals surface area contributed by atoms with Gasteiger partial charge in [0.15, 0.2) is 12.4 Å². The van der Waals surface area contributed by atoms with Gasteiger partial charge in [-0.15, -0.1) is 0 Å². The monoisotopic (exact) mass is 205 g/mol. The summed E-state index contributed by atoms with van der Waals surface area (Å²) >= 11 is 0. The van der Waals surface area contributed by atoms with Crippen molar-refractivity contribution in [2.24, 2.45) is 0 Å². The summed E-state index contributed by atoms with van der Waals surface area (Å²) in [6.07, 6.45) is 8.37. The van der Waals surface area contributed by atoms with Gasteiger partial charge in [0, 0.05) is 11.9 Å². The van der Waals surface area contributed by atoms with E-state index in [1.54, 1.807) is 5.32 Å². The number of aryl methyl sites for hydroxylation is 2. The van der Waals surface area contributed by atoms with E-state index in [0.29, 0.717) is 0 Å². The number of H-pyrrole nitrogens is 1. The fourth-order valence-electron chi connectivity index (χ4n) is 0.991. The maximum Gasteiger partial charge on any atom is 0.190 e. The van der Waals surface area contributed by atoms with Gasteiger partial charge in [0.25, 0.3) is 0 Å². The van der Waals surface area contributed by atoms with E-state index in [2.05, 4.69) is 16.9 Å². The molecule has 0 aromatic carbocycles. The summed E-state index contributed by atoms with van der Waals surface area (Å²) < 4.78 is 0. The minimum absolute atomic E-state index is 1.02. The number of aromatic nitrogens is 2. The Balaban J connectivity index is 0.000000336. The normalized spacial score (nSPS) is 8.00. The van der Waals surface area contributed by atoms with E-state index in [9.17, 15) is 0 Å². The first-order valence-corrected chi connectivity index (χ1v) is 4.78. The highest BCUT2D eigenvalue weighted by Crippen LogP contribution is 2.01. The van der Waals surface area contributed by atoms with E-state index < -0.39 is 0 Å². The molecule has 0 atom stereocenters. The zero-order valence-electron chi connectivity index (χ0n) is 9.04. The van der Waals surface area contributed by atoms with Gasteiger partial charge in [-0.25, -0.2) is 10.3 Å². The highest BCUT2D eigenvalue weighted by atomic mass is 14.9. The third-order valence-electron chi connectivity index (χ3n) is 1.67. The highest BCUT2D eigenvalue weighted by Gasteiger charge is 1.93. The Kier molecular flexibility index (Phi) is 7.43. The molecule has 80 valence electrons. The zero-order chi connectivity index (χ0) is 11.5. The van der Waals surface area contributed by atoms with Crippen LogP contribution in [0.1, 0.15) is 31.3 Å². The van der Waals surface area contributed by atoms with Gasteiger partial charge in [0.2, 0.25) is 0 Å². The Morgan fingerprint density at radius 2 is 2.13 bits per heavy atom. The minimum atomic E-state index is 1.02. The first kappa shape index (κ1) is 13.0. The molecule has 5 nitrogen and oxygen atoms in total. The van der Waals surface area contributed by atoms with Crippen LogP contribution in [0.4, 0.5) is 0 Å². The SMILES string of the molecule is CCCCc1cnc(C)[nH]1.N#CNC#N. The van der Waals surface area contributed by atoms with Crippen molar-refractivity contribution in [3.05, 3.63) is 17.7 Å². The Hall–Kier alpha value is -2.01. The van der Waals surface area contributed by atoms with Crippen molar-refractivity contribution in [1.29, 1.82) is 10.5 Å². The number of nitriles is 2. The summed E-state index contributed by atoms with van der Waals surface area (Å²) in [5.74, 6) is 1.02. The molecule has 0 bridgehead atoms. The second-order valence-electron chi connectivity index (χ2n) is 2.95. The van der Waals surface area contributed by atoms with Crippen molar-refractivity contribution in [1.82, 2.24) is 15.3 Å². The van der Waals surface area contributed by atoms with E-state index in [0.717, 1.165) is 12.2 Å². The van der Waals surface area contributed by atoms with Crippen LogP contribution in [-0.2, 0) is 6.42 Å². The topological polar surface area (TPSA) is 88.3 Å². The molecule has 0 unspecified atom stereocenters. The number of nitrogens with zero attached hydrogens (tertiary/aromatic N) is 3. The third kappa shape index (κ3) is 7.09. The lowest BCUT2D eigenvalue weighted by molar-refractivity contribution is 0.779. The fraction of sp³-hybridized carbons (Fsp3) is 0.500. The summed E-state index contributed by atoms with van der Waals surface area (Å²) in [5.41, 5.74) is 1.26. The smallest absolute Gasteiger partial charge is 0.190 e. The molecular formula is C10H15N5. The van der Waals surface area contributed by atoms with Gasteiger partial charge in [-0.1, -0.05) is 13.3 Å². The molecule has 0 aliphatic rings.